The molecular weight excluding hydrogens is 188 g/mol. The number of carbonyl (C=O) groups is 1. The van der Waals surface area contributed by atoms with Crippen molar-refractivity contribution >= 4 is 5.78 Å². The molecule has 0 N–H and O–H groups in total. The van der Waals surface area contributed by atoms with Crippen LogP contribution in [0.25, 0.3) is 0 Å². The summed E-state index contributed by atoms with van der Waals surface area (Å²) in [7, 11) is 0. The predicted octanol–water partition coefficient (Wildman–Crippen LogP) is 2.16. The van der Waals surface area contributed by atoms with Crippen molar-refractivity contribution in [1.82, 2.24) is 0 Å². The minimum atomic E-state index is -0.363. The molecule has 1 heterocycles. The number of ketones is 1. The molecule has 15 heavy (non-hydrogen) atoms. The van der Waals surface area contributed by atoms with E-state index in [4.69, 9.17) is 4.74 Å². The standard InChI is InChI=1S/C13H16O2/c1-9-4-5-12(10(2)6-9)13(11(3)14)7-15-8-13/h4-6H,7-8H2,1-3H3. The van der Waals surface area contributed by atoms with Gasteiger partial charge in [0.15, 0.2) is 0 Å². The minimum Gasteiger partial charge on any atom is -0.378 e. The summed E-state index contributed by atoms with van der Waals surface area (Å²) in [6.07, 6.45) is 0. The van der Waals surface area contributed by atoms with Gasteiger partial charge >= 0.3 is 0 Å². The Bertz CT molecular complexity index is 403. The molecule has 2 rings (SSSR count). The first kappa shape index (κ1) is 10.4. The molecule has 0 spiro atoms. The molecule has 0 bridgehead atoms. The van der Waals surface area contributed by atoms with E-state index in [1.54, 1.807) is 6.92 Å². The van der Waals surface area contributed by atoms with Crippen LogP contribution in [0.1, 0.15) is 23.6 Å². The second kappa shape index (κ2) is 3.46. The zero-order valence-electron chi connectivity index (χ0n) is 9.46. The predicted molar refractivity (Wildman–Crippen MR) is 59.1 cm³/mol. The van der Waals surface area contributed by atoms with Crippen molar-refractivity contribution < 1.29 is 9.53 Å². The van der Waals surface area contributed by atoms with Gasteiger partial charge in [-0.25, -0.2) is 0 Å². The number of carbonyl (C=O) groups excluding carboxylic acids is 1. The monoisotopic (exact) mass is 204 g/mol. The van der Waals surface area contributed by atoms with Crippen LogP contribution in [0, 0.1) is 13.8 Å². The summed E-state index contributed by atoms with van der Waals surface area (Å²) in [6, 6.07) is 6.25. The number of Topliss-reactive ketones (excluding diaryl/α,β-unsaturated/α-hetero) is 1. The Balaban J connectivity index is 2.48. The van der Waals surface area contributed by atoms with Gasteiger partial charge in [0, 0.05) is 0 Å². The Morgan fingerprint density at radius 1 is 1.33 bits per heavy atom. The third-order valence-corrected chi connectivity index (χ3v) is 3.27. The SMILES string of the molecule is CC(=O)C1(c2ccc(C)cc2C)COC1. The van der Waals surface area contributed by atoms with Gasteiger partial charge in [0.25, 0.3) is 0 Å². The van der Waals surface area contributed by atoms with Crippen molar-refractivity contribution in [3.63, 3.8) is 0 Å². The number of hydrogen-bond donors (Lipinski definition) is 0. The highest BCUT2D eigenvalue weighted by atomic mass is 16.5. The molecule has 0 saturated carbocycles. The van der Waals surface area contributed by atoms with E-state index in [1.165, 1.54) is 11.1 Å². The molecule has 1 aliphatic rings. The summed E-state index contributed by atoms with van der Waals surface area (Å²) in [5.41, 5.74) is 3.19. The van der Waals surface area contributed by atoms with Crippen LogP contribution < -0.4 is 0 Å². The molecule has 0 atom stereocenters. The number of benzene rings is 1. The number of aryl methyl sites for hydroxylation is 2. The van der Waals surface area contributed by atoms with Crippen LogP contribution in [-0.4, -0.2) is 19.0 Å². The lowest BCUT2D eigenvalue weighted by atomic mass is 9.73. The van der Waals surface area contributed by atoms with Crippen LogP contribution in [0.2, 0.25) is 0 Å². The van der Waals surface area contributed by atoms with E-state index in [0.717, 1.165) is 5.56 Å². The lowest BCUT2D eigenvalue weighted by molar-refractivity contribution is -0.140. The molecule has 1 aliphatic heterocycles. The fourth-order valence-corrected chi connectivity index (χ4v) is 2.21. The highest BCUT2D eigenvalue weighted by molar-refractivity contribution is 5.89. The molecule has 0 amide bonds. The van der Waals surface area contributed by atoms with Crippen LogP contribution in [0.3, 0.4) is 0 Å². The molecular formula is C13H16O2. The first-order chi connectivity index (χ1) is 7.06. The Hall–Kier alpha value is -1.15. The van der Waals surface area contributed by atoms with Crippen LogP contribution in [0.5, 0.6) is 0 Å². The smallest absolute Gasteiger partial charge is 0.145 e. The van der Waals surface area contributed by atoms with Crippen molar-refractivity contribution in [2.45, 2.75) is 26.2 Å². The maximum atomic E-state index is 11.7. The maximum absolute atomic E-state index is 11.7. The normalized spacial score (nSPS) is 18.3. The zero-order valence-corrected chi connectivity index (χ0v) is 9.46. The van der Waals surface area contributed by atoms with Crippen molar-refractivity contribution in [1.29, 1.82) is 0 Å². The summed E-state index contributed by atoms with van der Waals surface area (Å²) in [5, 5.41) is 0. The lowest BCUT2D eigenvalue weighted by Gasteiger charge is -2.40. The first-order valence-electron chi connectivity index (χ1n) is 5.23. The van der Waals surface area contributed by atoms with Gasteiger partial charge in [0.2, 0.25) is 0 Å². The molecule has 80 valence electrons. The fraction of sp³-hybridized carbons (Fsp3) is 0.462. The third kappa shape index (κ3) is 1.49. The van der Waals surface area contributed by atoms with E-state index in [1.807, 2.05) is 0 Å². The molecule has 0 aromatic heterocycles. The van der Waals surface area contributed by atoms with Crippen molar-refractivity contribution in [2.75, 3.05) is 13.2 Å². The van der Waals surface area contributed by atoms with Gasteiger partial charge in [-0.2, -0.15) is 0 Å². The lowest BCUT2D eigenvalue weighted by Crippen LogP contribution is -2.52. The second-order valence-corrected chi connectivity index (χ2v) is 4.45. The Labute approximate surface area is 90.3 Å². The van der Waals surface area contributed by atoms with E-state index in [-0.39, 0.29) is 11.2 Å². The Morgan fingerprint density at radius 3 is 2.40 bits per heavy atom. The van der Waals surface area contributed by atoms with Crippen molar-refractivity contribution in [2.24, 2.45) is 0 Å². The largest absolute Gasteiger partial charge is 0.378 e. The summed E-state index contributed by atoms with van der Waals surface area (Å²) >= 11 is 0. The van der Waals surface area contributed by atoms with Gasteiger partial charge in [-0.05, 0) is 31.9 Å². The molecule has 0 unspecified atom stereocenters. The maximum Gasteiger partial charge on any atom is 0.145 e. The number of ether oxygens (including phenoxy) is 1. The number of rotatable bonds is 2. The molecule has 2 nitrogen and oxygen atoms in total. The molecule has 1 fully saturated rings. The van der Waals surface area contributed by atoms with Crippen LogP contribution >= 0.6 is 0 Å². The summed E-state index contributed by atoms with van der Waals surface area (Å²) in [4.78, 5) is 11.7. The Morgan fingerprint density at radius 2 is 2.00 bits per heavy atom. The van der Waals surface area contributed by atoms with E-state index in [2.05, 4.69) is 32.0 Å². The fourth-order valence-electron chi connectivity index (χ4n) is 2.21. The van der Waals surface area contributed by atoms with Gasteiger partial charge < -0.3 is 4.74 Å². The minimum absolute atomic E-state index is 0.209. The molecule has 1 saturated heterocycles. The highest BCUT2D eigenvalue weighted by Crippen LogP contribution is 2.35. The first-order valence-corrected chi connectivity index (χ1v) is 5.23. The second-order valence-electron chi connectivity index (χ2n) is 4.45. The van der Waals surface area contributed by atoms with E-state index >= 15 is 0 Å². The van der Waals surface area contributed by atoms with Gasteiger partial charge in [-0.1, -0.05) is 23.8 Å². The average molecular weight is 204 g/mol. The zero-order chi connectivity index (χ0) is 11.1. The molecule has 0 radical (unpaired) electrons. The van der Waals surface area contributed by atoms with Gasteiger partial charge in [0.1, 0.15) is 11.2 Å². The summed E-state index contributed by atoms with van der Waals surface area (Å²) in [6.45, 7) is 6.85. The third-order valence-electron chi connectivity index (χ3n) is 3.27. The van der Waals surface area contributed by atoms with Crippen LogP contribution in [0.4, 0.5) is 0 Å². The average Bonchev–Trinajstić information content (AvgIpc) is 2.05. The molecule has 1 aromatic rings. The van der Waals surface area contributed by atoms with Crippen LogP contribution in [-0.2, 0) is 14.9 Å². The number of hydrogen-bond acceptors (Lipinski definition) is 2. The Kier molecular flexibility index (Phi) is 2.39. The summed E-state index contributed by atoms with van der Waals surface area (Å²) < 4.78 is 5.22. The van der Waals surface area contributed by atoms with Crippen LogP contribution in [0.15, 0.2) is 18.2 Å². The van der Waals surface area contributed by atoms with Crippen molar-refractivity contribution in [3.8, 4) is 0 Å². The molecule has 2 heteroatoms. The molecule has 0 aliphatic carbocycles. The molecule has 1 aromatic carbocycles. The van der Waals surface area contributed by atoms with Gasteiger partial charge in [-0.15, -0.1) is 0 Å². The quantitative estimate of drug-likeness (QED) is 0.738. The van der Waals surface area contributed by atoms with Crippen molar-refractivity contribution in [3.05, 3.63) is 34.9 Å². The van der Waals surface area contributed by atoms with E-state index < -0.39 is 0 Å². The van der Waals surface area contributed by atoms with Gasteiger partial charge in [-0.3, -0.25) is 4.79 Å². The van der Waals surface area contributed by atoms with Gasteiger partial charge in [0.05, 0.1) is 13.2 Å². The van der Waals surface area contributed by atoms with E-state index in [0.29, 0.717) is 13.2 Å². The summed E-state index contributed by atoms with van der Waals surface area (Å²) in [5.74, 6) is 0.209. The van der Waals surface area contributed by atoms with E-state index in [9.17, 15) is 4.79 Å². The topological polar surface area (TPSA) is 26.3 Å². The highest BCUT2D eigenvalue weighted by Gasteiger charge is 2.45.